The van der Waals surface area contributed by atoms with Gasteiger partial charge in [0.15, 0.2) is 0 Å². The SMILES string of the molecule is CCNC(Cc1ccc(C(C)C)cc1)c1cnsn1. The van der Waals surface area contributed by atoms with Crippen LogP contribution in [0, 0.1) is 0 Å². The zero-order valence-electron chi connectivity index (χ0n) is 11.8. The Morgan fingerprint density at radius 3 is 2.47 bits per heavy atom. The summed E-state index contributed by atoms with van der Waals surface area (Å²) in [5.41, 5.74) is 3.77. The van der Waals surface area contributed by atoms with Crippen molar-refractivity contribution in [3.05, 3.63) is 47.3 Å². The van der Waals surface area contributed by atoms with E-state index in [2.05, 4.69) is 59.1 Å². The molecule has 19 heavy (non-hydrogen) atoms. The molecule has 3 nitrogen and oxygen atoms in total. The van der Waals surface area contributed by atoms with Crippen molar-refractivity contribution in [2.45, 2.75) is 39.2 Å². The van der Waals surface area contributed by atoms with Crippen molar-refractivity contribution in [1.29, 1.82) is 0 Å². The summed E-state index contributed by atoms with van der Waals surface area (Å²) in [5.74, 6) is 0.585. The first kappa shape index (κ1) is 14.2. The van der Waals surface area contributed by atoms with Crippen LogP contribution >= 0.6 is 11.7 Å². The molecule has 1 aromatic heterocycles. The van der Waals surface area contributed by atoms with Crippen molar-refractivity contribution in [3.8, 4) is 0 Å². The molecule has 2 rings (SSSR count). The van der Waals surface area contributed by atoms with E-state index in [0.717, 1.165) is 18.7 Å². The summed E-state index contributed by atoms with van der Waals surface area (Å²) in [6.07, 6.45) is 2.82. The number of nitrogens with zero attached hydrogens (tertiary/aromatic N) is 2. The van der Waals surface area contributed by atoms with Gasteiger partial charge in [-0.2, -0.15) is 8.75 Å². The molecule has 1 heterocycles. The summed E-state index contributed by atoms with van der Waals surface area (Å²) in [4.78, 5) is 0. The second-order valence-electron chi connectivity index (χ2n) is 5.04. The molecule has 0 spiro atoms. The van der Waals surface area contributed by atoms with Crippen LogP contribution in [0.3, 0.4) is 0 Å². The lowest BCUT2D eigenvalue weighted by molar-refractivity contribution is 0.540. The van der Waals surface area contributed by atoms with Gasteiger partial charge in [-0.15, -0.1) is 0 Å². The minimum atomic E-state index is 0.258. The monoisotopic (exact) mass is 275 g/mol. The Bertz CT molecular complexity index is 477. The second kappa shape index (κ2) is 6.78. The molecule has 102 valence electrons. The number of benzene rings is 1. The third-order valence-corrected chi connectivity index (χ3v) is 3.76. The molecule has 0 aliphatic carbocycles. The van der Waals surface area contributed by atoms with Crippen LogP contribution in [-0.2, 0) is 6.42 Å². The molecule has 0 fully saturated rings. The molecule has 0 aliphatic rings. The summed E-state index contributed by atoms with van der Waals surface area (Å²) in [5, 5.41) is 3.48. The summed E-state index contributed by atoms with van der Waals surface area (Å²) in [7, 11) is 0. The molecule has 1 N–H and O–H groups in total. The van der Waals surface area contributed by atoms with E-state index in [1.807, 2.05) is 6.20 Å². The largest absolute Gasteiger partial charge is 0.309 e. The Balaban J connectivity index is 2.09. The quantitative estimate of drug-likeness (QED) is 0.876. The number of hydrogen-bond acceptors (Lipinski definition) is 4. The molecule has 0 radical (unpaired) electrons. The highest BCUT2D eigenvalue weighted by Gasteiger charge is 2.13. The summed E-state index contributed by atoms with van der Waals surface area (Å²) in [6, 6.07) is 9.15. The van der Waals surface area contributed by atoms with Gasteiger partial charge in [-0.3, -0.25) is 0 Å². The fourth-order valence-electron chi connectivity index (χ4n) is 2.13. The van der Waals surface area contributed by atoms with Gasteiger partial charge in [0.2, 0.25) is 0 Å². The van der Waals surface area contributed by atoms with Crippen molar-refractivity contribution in [3.63, 3.8) is 0 Å². The van der Waals surface area contributed by atoms with Gasteiger partial charge >= 0.3 is 0 Å². The van der Waals surface area contributed by atoms with E-state index >= 15 is 0 Å². The summed E-state index contributed by atoms with van der Waals surface area (Å²) < 4.78 is 8.44. The third-order valence-electron chi connectivity index (χ3n) is 3.27. The smallest absolute Gasteiger partial charge is 0.0915 e. The van der Waals surface area contributed by atoms with E-state index in [-0.39, 0.29) is 6.04 Å². The molecular weight excluding hydrogens is 254 g/mol. The van der Waals surface area contributed by atoms with Gasteiger partial charge < -0.3 is 5.32 Å². The Labute approximate surface area is 119 Å². The highest BCUT2D eigenvalue weighted by molar-refractivity contribution is 6.99. The van der Waals surface area contributed by atoms with Crippen LogP contribution in [0.2, 0.25) is 0 Å². The van der Waals surface area contributed by atoms with Crippen molar-refractivity contribution < 1.29 is 0 Å². The average Bonchev–Trinajstić information content (AvgIpc) is 2.92. The standard InChI is InChI=1S/C15H21N3S/c1-4-16-14(15-10-17-19-18-15)9-12-5-7-13(8-6-12)11(2)3/h5-8,10-11,14,16H,4,9H2,1-3H3. The molecular formula is C15H21N3S. The van der Waals surface area contributed by atoms with Crippen LogP contribution in [0.15, 0.2) is 30.5 Å². The topological polar surface area (TPSA) is 37.8 Å². The fourth-order valence-corrected chi connectivity index (χ4v) is 2.60. The Morgan fingerprint density at radius 2 is 1.95 bits per heavy atom. The average molecular weight is 275 g/mol. The first-order chi connectivity index (χ1) is 9.20. The maximum Gasteiger partial charge on any atom is 0.0915 e. The molecule has 1 aromatic carbocycles. The van der Waals surface area contributed by atoms with Crippen molar-refractivity contribution >= 4 is 11.7 Å². The van der Waals surface area contributed by atoms with E-state index in [0.29, 0.717) is 5.92 Å². The van der Waals surface area contributed by atoms with Crippen LogP contribution in [0.4, 0.5) is 0 Å². The number of aromatic nitrogens is 2. The second-order valence-corrected chi connectivity index (χ2v) is 5.60. The minimum absolute atomic E-state index is 0.258. The third kappa shape index (κ3) is 3.85. The minimum Gasteiger partial charge on any atom is -0.309 e. The first-order valence-electron chi connectivity index (χ1n) is 6.80. The van der Waals surface area contributed by atoms with Crippen LogP contribution in [-0.4, -0.2) is 15.3 Å². The molecule has 1 atom stereocenters. The van der Waals surface area contributed by atoms with Gasteiger partial charge in [0.1, 0.15) is 0 Å². The van der Waals surface area contributed by atoms with Crippen LogP contribution < -0.4 is 5.32 Å². The zero-order chi connectivity index (χ0) is 13.7. The van der Waals surface area contributed by atoms with E-state index in [9.17, 15) is 0 Å². The highest BCUT2D eigenvalue weighted by Crippen LogP contribution is 2.19. The lowest BCUT2D eigenvalue weighted by Gasteiger charge is -2.16. The van der Waals surface area contributed by atoms with Gasteiger partial charge in [-0.1, -0.05) is 45.0 Å². The molecule has 0 aliphatic heterocycles. The first-order valence-corrected chi connectivity index (χ1v) is 7.53. The van der Waals surface area contributed by atoms with Crippen LogP contribution in [0.5, 0.6) is 0 Å². The Morgan fingerprint density at radius 1 is 1.21 bits per heavy atom. The zero-order valence-corrected chi connectivity index (χ0v) is 12.6. The van der Waals surface area contributed by atoms with E-state index in [4.69, 9.17) is 0 Å². The number of likely N-dealkylation sites (N-methyl/N-ethyl adjacent to an activating group) is 1. The maximum absolute atomic E-state index is 4.35. The highest BCUT2D eigenvalue weighted by atomic mass is 32.1. The van der Waals surface area contributed by atoms with E-state index in [1.54, 1.807) is 0 Å². The molecule has 0 amide bonds. The Hall–Kier alpha value is -1.26. The molecule has 0 saturated heterocycles. The lowest BCUT2D eigenvalue weighted by atomic mass is 9.98. The van der Waals surface area contributed by atoms with Gasteiger partial charge in [-0.05, 0) is 30.0 Å². The predicted octanol–water partition coefficient (Wildman–Crippen LogP) is 3.55. The van der Waals surface area contributed by atoms with Gasteiger partial charge in [0.05, 0.1) is 29.7 Å². The fraction of sp³-hybridized carbons (Fsp3) is 0.467. The molecule has 2 aromatic rings. The van der Waals surface area contributed by atoms with E-state index < -0.39 is 0 Å². The molecule has 4 heteroatoms. The predicted molar refractivity (Wildman–Crippen MR) is 80.6 cm³/mol. The van der Waals surface area contributed by atoms with Crippen molar-refractivity contribution in [2.75, 3.05) is 6.54 Å². The summed E-state index contributed by atoms with van der Waals surface area (Å²) in [6.45, 7) is 7.50. The maximum atomic E-state index is 4.35. The van der Waals surface area contributed by atoms with E-state index in [1.165, 1.54) is 22.9 Å². The normalized spacial score (nSPS) is 12.8. The van der Waals surface area contributed by atoms with Gasteiger partial charge in [0.25, 0.3) is 0 Å². The Kier molecular flexibility index (Phi) is 5.05. The molecule has 0 saturated carbocycles. The van der Waals surface area contributed by atoms with Gasteiger partial charge in [-0.25, -0.2) is 0 Å². The van der Waals surface area contributed by atoms with Crippen LogP contribution in [0.1, 0.15) is 49.6 Å². The van der Waals surface area contributed by atoms with Crippen molar-refractivity contribution in [2.24, 2.45) is 0 Å². The van der Waals surface area contributed by atoms with Crippen LogP contribution in [0.25, 0.3) is 0 Å². The molecule has 0 bridgehead atoms. The molecule has 1 unspecified atom stereocenters. The summed E-state index contributed by atoms with van der Waals surface area (Å²) >= 11 is 1.27. The van der Waals surface area contributed by atoms with Gasteiger partial charge in [0, 0.05) is 0 Å². The number of rotatable bonds is 6. The lowest BCUT2D eigenvalue weighted by Crippen LogP contribution is -2.23. The van der Waals surface area contributed by atoms with Crippen molar-refractivity contribution in [1.82, 2.24) is 14.1 Å². The number of hydrogen-bond donors (Lipinski definition) is 1. The number of nitrogens with one attached hydrogen (secondary N) is 1.